The molecule has 3 heterocycles. The second kappa shape index (κ2) is 9.80. The second-order valence-electron chi connectivity index (χ2n) is 8.07. The molecule has 2 aromatic rings. The van der Waals surface area contributed by atoms with E-state index in [-0.39, 0.29) is 30.2 Å². The lowest BCUT2D eigenvalue weighted by molar-refractivity contribution is -0.138. The van der Waals surface area contributed by atoms with Crippen molar-refractivity contribution in [2.75, 3.05) is 43.2 Å². The van der Waals surface area contributed by atoms with E-state index >= 15 is 4.39 Å². The molecular formula is C21H25F4N7O3. The van der Waals surface area contributed by atoms with E-state index in [0.717, 1.165) is 11.9 Å². The average molecular weight is 499 g/mol. The molecular weight excluding hydrogens is 474 g/mol. The lowest BCUT2D eigenvalue weighted by Crippen LogP contribution is -2.54. The molecule has 1 aliphatic heterocycles. The van der Waals surface area contributed by atoms with Crippen molar-refractivity contribution in [1.82, 2.24) is 14.5 Å². The maximum absolute atomic E-state index is 15.1. The number of hydrogen-bond acceptors (Lipinski definition) is 7. The Hall–Kier alpha value is -3.84. The molecule has 2 atom stereocenters. The number of piperidine rings is 1. The van der Waals surface area contributed by atoms with Crippen LogP contribution >= 0.6 is 0 Å². The first-order valence-corrected chi connectivity index (χ1v) is 10.4. The summed E-state index contributed by atoms with van der Waals surface area (Å²) in [4.78, 5) is 31.6. The minimum absolute atomic E-state index is 0.0874. The fourth-order valence-electron chi connectivity index (χ4n) is 3.80. The Balaban J connectivity index is 1.72. The molecule has 2 aromatic heterocycles. The van der Waals surface area contributed by atoms with E-state index in [9.17, 15) is 22.8 Å². The standard InChI is InChI=1S/C21H25F4N7O3/c1-30-9-11(21(23,24)25)6-15(19(30)33)29-20(34)31(2)16-4-5-32(10-14(16)22)12-7-13(18(27)35-3)17(26)28-8-12/h6-9,14,16,27H,4-5,10H2,1-3H3,(H2,26,28)(H,29,34). The number of nitrogens with zero attached hydrogens (tertiary/aromatic N) is 4. The van der Waals surface area contributed by atoms with E-state index in [1.54, 1.807) is 11.0 Å². The van der Waals surface area contributed by atoms with E-state index < -0.39 is 41.2 Å². The molecule has 1 aliphatic rings. The van der Waals surface area contributed by atoms with Gasteiger partial charge in [0.15, 0.2) is 0 Å². The fourth-order valence-corrected chi connectivity index (χ4v) is 3.80. The summed E-state index contributed by atoms with van der Waals surface area (Å²) < 4.78 is 60.0. The number of methoxy groups -OCH3 is 1. The van der Waals surface area contributed by atoms with Gasteiger partial charge in [0.25, 0.3) is 5.56 Å². The number of aryl methyl sites for hydroxylation is 1. The van der Waals surface area contributed by atoms with Gasteiger partial charge in [-0.2, -0.15) is 13.2 Å². The van der Waals surface area contributed by atoms with E-state index in [1.807, 2.05) is 0 Å². The van der Waals surface area contributed by atoms with Crippen LogP contribution in [0.25, 0.3) is 0 Å². The number of nitrogens with two attached hydrogens (primary N) is 1. The summed E-state index contributed by atoms with van der Waals surface area (Å²) in [6, 6.07) is 0.306. The Kier molecular flexibility index (Phi) is 7.22. The number of pyridine rings is 2. The summed E-state index contributed by atoms with van der Waals surface area (Å²) in [5.74, 6) is -0.106. The minimum atomic E-state index is -4.72. The number of nitrogen functional groups attached to an aromatic ring is 1. The maximum atomic E-state index is 15.1. The predicted octanol–water partition coefficient (Wildman–Crippen LogP) is 2.43. The fraction of sp³-hybridized carbons (Fsp3) is 0.429. The van der Waals surface area contributed by atoms with Gasteiger partial charge in [0.05, 0.1) is 42.7 Å². The van der Waals surface area contributed by atoms with Crippen LogP contribution in [0.4, 0.5) is 39.5 Å². The molecule has 4 N–H and O–H groups in total. The molecule has 0 bridgehead atoms. The molecule has 1 fully saturated rings. The van der Waals surface area contributed by atoms with Crippen molar-refractivity contribution in [3.05, 3.63) is 46.0 Å². The summed E-state index contributed by atoms with van der Waals surface area (Å²) in [5, 5.41) is 9.97. The van der Waals surface area contributed by atoms with Crippen molar-refractivity contribution in [3.8, 4) is 0 Å². The van der Waals surface area contributed by atoms with Crippen LogP contribution in [0.15, 0.2) is 29.3 Å². The highest BCUT2D eigenvalue weighted by Gasteiger charge is 2.36. The van der Waals surface area contributed by atoms with Gasteiger partial charge in [0.2, 0.25) is 5.90 Å². The molecule has 1 saturated heterocycles. The molecule has 0 aliphatic carbocycles. The number of halogens is 4. The Morgan fingerprint density at radius 2 is 2.06 bits per heavy atom. The molecule has 10 nitrogen and oxygen atoms in total. The Morgan fingerprint density at radius 1 is 1.37 bits per heavy atom. The first-order valence-electron chi connectivity index (χ1n) is 10.4. The highest BCUT2D eigenvalue weighted by molar-refractivity contribution is 5.96. The van der Waals surface area contributed by atoms with Gasteiger partial charge in [-0.15, -0.1) is 0 Å². The lowest BCUT2D eigenvalue weighted by atomic mass is 10.0. The van der Waals surface area contributed by atoms with Crippen LogP contribution in [0.3, 0.4) is 0 Å². The molecule has 0 saturated carbocycles. The zero-order chi connectivity index (χ0) is 26.1. The van der Waals surface area contributed by atoms with Gasteiger partial charge in [-0.1, -0.05) is 0 Å². The van der Waals surface area contributed by atoms with Crippen molar-refractivity contribution in [2.24, 2.45) is 7.05 Å². The van der Waals surface area contributed by atoms with Crippen LogP contribution < -0.4 is 21.5 Å². The number of alkyl halides is 4. The Labute approximate surface area is 197 Å². The smallest absolute Gasteiger partial charge is 0.417 e. The first-order chi connectivity index (χ1) is 16.3. The summed E-state index contributed by atoms with van der Waals surface area (Å²) in [5.41, 5.74) is 4.03. The Morgan fingerprint density at radius 3 is 2.66 bits per heavy atom. The van der Waals surface area contributed by atoms with Gasteiger partial charge in [0, 0.05) is 26.8 Å². The van der Waals surface area contributed by atoms with Gasteiger partial charge >= 0.3 is 12.2 Å². The van der Waals surface area contributed by atoms with Crippen molar-refractivity contribution >= 4 is 29.1 Å². The van der Waals surface area contributed by atoms with E-state index in [1.165, 1.54) is 20.4 Å². The maximum Gasteiger partial charge on any atom is 0.417 e. The third-order valence-corrected chi connectivity index (χ3v) is 5.80. The number of carbonyl (C=O) groups excluding carboxylic acids is 1. The molecule has 0 spiro atoms. The predicted molar refractivity (Wildman–Crippen MR) is 121 cm³/mol. The number of anilines is 3. The second-order valence-corrected chi connectivity index (χ2v) is 8.07. The molecule has 0 aromatic carbocycles. The van der Waals surface area contributed by atoms with Crippen LogP contribution in [-0.4, -0.2) is 65.8 Å². The number of hydrogen-bond donors (Lipinski definition) is 3. The van der Waals surface area contributed by atoms with Crippen molar-refractivity contribution in [1.29, 1.82) is 5.41 Å². The van der Waals surface area contributed by atoms with Gasteiger partial charge < -0.3 is 30.2 Å². The largest absolute Gasteiger partial charge is 0.481 e. The summed E-state index contributed by atoms with van der Waals surface area (Å²) in [6.45, 7) is 0.207. The molecule has 35 heavy (non-hydrogen) atoms. The number of rotatable bonds is 4. The van der Waals surface area contributed by atoms with Gasteiger partial charge in [-0.25, -0.2) is 14.2 Å². The number of carbonyl (C=O) groups is 1. The highest BCUT2D eigenvalue weighted by atomic mass is 19.4. The zero-order valence-corrected chi connectivity index (χ0v) is 19.2. The first kappa shape index (κ1) is 25.8. The third kappa shape index (κ3) is 5.46. The van der Waals surface area contributed by atoms with Crippen LogP contribution in [0.1, 0.15) is 17.5 Å². The van der Waals surface area contributed by atoms with Crippen molar-refractivity contribution in [3.63, 3.8) is 0 Å². The molecule has 14 heteroatoms. The molecule has 0 radical (unpaired) electrons. The molecule has 190 valence electrons. The normalized spacial score (nSPS) is 18.2. The Bertz CT molecular complexity index is 1180. The molecule has 2 amide bonds. The summed E-state index contributed by atoms with van der Waals surface area (Å²) in [6.07, 6.45) is -3.99. The minimum Gasteiger partial charge on any atom is -0.481 e. The number of aromatic nitrogens is 2. The van der Waals surface area contributed by atoms with Gasteiger partial charge in [-0.05, 0) is 18.6 Å². The molecule has 2 unspecified atom stereocenters. The van der Waals surface area contributed by atoms with Crippen LogP contribution in [-0.2, 0) is 18.0 Å². The van der Waals surface area contributed by atoms with Gasteiger partial charge in [0.1, 0.15) is 17.7 Å². The molecule has 3 rings (SSSR count). The van der Waals surface area contributed by atoms with Crippen molar-refractivity contribution < 1.29 is 27.1 Å². The third-order valence-electron chi connectivity index (χ3n) is 5.80. The number of amides is 2. The zero-order valence-electron chi connectivity index (χ0n) is 19.2. The van der Waals surface area contributed by atoms with E-state index in [2.05, 4.69) is 10.3 Å². The number of urea groups is 1. The van der Waals surface area contributed by atoms with Crippen LogP contribution in [0.2, 0.25) is 0 Å². The monoisotopic (exact) mass is 499 g/mol. The highest BCUT2D eigenvalue weighted by Crippen LogP contribution is 2.30. The average Bonchev–Trinajstić information content (AvgIpc) is 2.80. The van der Waals surface area contributed by atoms with Gasteiger partial charge in [-0.3, -0.25) is 10.2 Å². The number of nitrogens with one attached hydrogen (secondary N) is 2. The van der Waals surface area contributed by atoms with Crippen LogP contribution in [0.5, 0.6) is 0 Å². The van der Waals surface area contributed by atoms with E-state index in [4.69, 9.17) is 15.9 Å². The quantitative estimate of drug-likeness (QED) is 0.337. The van der Waals surface area contributed by atoms with Crippen LogP contribution in [0, 0.1) is 5.41 Å². The number of ether oxygens (including phenoxy) is 1. The summed E-state index contributed by atoms with van der Waals surface area (Å²) in [7, 11) is 3.76. The summed E-state index contributed by atoms with van der Waals surface area (Å²) >= 11 is 0. The SMILES string of the molecule is COC(=N)c1cc(N2CCC(N(C)C(=O)Nc3cc(C(F)(F)F)cn(C)c3=O)C(F)C2)cnc1N. The topological polar surface area (TPSA) is 130 Å². The van der Waals surface area contributed by atoms with E-state index in [0.29, 0.717) is 29.1 Å². The van der Waals surface area contributed by atoms with Crippen molar-refractivity contribution in [2.45, 2.75) is 24.8 Å². The lowest BCUT2D eigenvalue weighted by Gasteiger charge is -2.40.